The molecular formula is C15H21BrO2. The second kappa shape index (κ2) is 5.72. The van der Waals surface area contributed by atoms with E-state index in [0.29, 0.717) is 19.8 Å². The molecule has 100 valence electrons. The summed E-state index contributed by atoms with van der Waals surface area (Å²) in [5.41, 5.74) is 2.80. The number of halogens is 1. The lowest BCUT2D eigenvalue weighted by Gasteiger charge is -2.27. The van der Waals surface area contributed by atoms with Crippen molar-refractivity contribution in [1.82, 2.24) is 0 Å². The van der Waals surface area contributed by atoms with E-state index in [1.165, 1.54) is 11.1 Å². The highest BCUT2D eigenvalue weighted by Gasteiger charge is 2.24. The zero-order valence-electron chi connectivity index (χ0n) is 11.3. The summed E-state index contributed by atoms with van der Waals surface area (Å²) in [7, 11) is 0. The molecule has 0 saturated carbocycles. The van der Waals surface area contributed by atoms with Gasteiger partial charge in [0.25, 0.3) is 0 Å². The van der Waals surface area contributed by atoms with Crippen molar-refractivity contribution in [3.05, 3.63) is 35.4 Å². The largest absolute Gasteiger partial charge is 0.376 e. The molecule has 0 aliphatic carbocycles. The van der Waals surface area contributed by atoms with E-state index in [2.05, 4.69) is 61.0 Å². The van der Waals surface area contributed by atoms with Crippen molar-refractivity contribution in [3.63, 3.8) is 0 Å². The molecule has 1 aromatic rings. The van der Waals surface area contributed by atoms with Crippen molar-refractivity contribution < 1.29 is 9.47 Å². The van der Waals surface area contributed by atoms with Crippen LogP contribution in [0.15, 0.2) is 24.3 Å². The van der Waals surface area contributed by atoms with E-state index in [1.807, 2.05) is 0 Å². The summed E-state index contributed by atoms with van der Waals surface area (Å²) in [6, 6.07) is 8.76. The van der Waals surface area contributed by atoms with Crippen LogP contribution in [0.4, 0.5) is 0 Å². The van der Waals surface area contributed by atoms with Crippen LogP contribution in [0, 0.1) is 0 Å². The second-order valence-corrected chi connectivity index (χ2v) is 6.74. The highest BCUT2D eigenvalue weighted by Crippen LogP contribution is 2.31. The topological polar surface area (TPSA) is 18.5 Å². The van der Waals surface area contributed by atoms with Crippen molar-refractivity contribution >= 4 is 15.9 Å². The standard InChI is InChI=1S/C15H21BrO2/c1-15(2,3)12-6-4-11(5-7-12)14(16)13-10-17-8-9-18-13/h4-7,13-14H,8-10H2,1-3H3. The van der Waals surface area contributed by atoms with Crippen LogP contribution in [-0.4, -0.2) is 25.9 Å². The lowest BCUT2D eigenvalue weighted by atomic mass is 9.86. The van der Waals surface area contributed by atoms with Crippen molar-refractivity contribution in [2.45, 2.75) is 37.1 Å². The van der Waals surface area contributed by atoms with Crippen LogP contribution in [0.1, 0.15) is 36.7 Å². The molecule has 18 heavy (non-hydrogen) atoms. The summed E-state index contributed by atoms with van der Waals surface area (Å²) >= 11 is 3.72. The molecule has 1 heterocycles. The number of hydrogen-bond acceptors (Lipinski definition) is 2. The second-order valence-electron chi connectivity index (χ2n) is 5.76. The van der Waals surface area contributed by atoms with E-state index < -0.39 is 0 Å². The first-order valence-corrected chi connectivity index (χ1v) is 7.34. The molecule has 2 atom stereocenters. The van der Waals surface area contributed by atoms with Gasteiger partial charge in [-0.25, -0.2) is 0 Å². The van der Waals surface area contributed by atoms with Crippen LogP contribution in [0.3, 0.4) is 0 Å². The van der Waals surface area contributed by atoms with Crippen LogP contribution < -0.4 is 0 Å². The highest BCUT2D eigenvalue weighted by molar-refractivity contribution is 9.09. The van der Waals surface area contributed by atoms with Crippen molar-refractivity contribution in [1.29, 1.82) is 0 Å². The lowest BCUT2D eigenvalue weighted by molar-refractivity contribution is -0.0876. The molecule has 1 saturated heterocycles. The number of benzene rings is 1. The zero-order chi connectivity index (χ0) is 13.2. The van der Waals surface area contributed by atoms with E-state index in [4.69, 9.17) is 9.47 Å². The van der Waals surface area contributed by atoms with Crippen molar-refractivity contribution in [2.75, 3.05) is 19.8 Å². The first-order valence-electron chi connectivity index (χ1n) is 6.42. The molecule has 3 heteroatoms. The molecule has 1 fully saturated rings. The fourth-order valence-corrected chi connectivity index (χ4v) is 2.67. The maximum atomic E-state index is 5.72. The van der Waals surface area contributed by atoms with Gasteiger partial charge in [0.15, 0.2) is 0 Å². The summed E-state index contributed by atoms with van der Waals surface area (Å²) < 4.78 is 11.2. The number of alkyl halides is 1. The Kier molecular flexibility index (Phi) is 4.46. The third-order valence-corrected chi connectivity index (χ3v) is 4.38. The van der Waals surface area contributed by atoms with E-state index in [-0.39, 0.29) is 16.3 Å². The predicted molar refractivity (Wildman–Crippen MR) is 77.4 cm³/mol. The number of rotatable bonds is 2. The van der Waals surface area contributed by atoms with Crippen LogP contribution >= 0.6 is 15.9 Å². The SMILES string of the molecule is CC(C)(C)c1ccc(C(Br)C2COCCO2)cc1. The molecule has 0 aromatic heterocycles. The summed E-state index contributed by atoms with van der Waals surface area (Å²) in [6.07, 6.45) is 0.110. The minimum absolute atomic E-state index is 0.110. The lowest BCUT2D eigenvalue weighted by Crippen LogP contribution is -2.31. The fourth-order valence-electron chi connectivity index (χ4n) is 2.06. The molecule has 0 N–H and O–H groups in total. The van der Waals surface area contributed by atoms with Gasteiger partial charge >= 0.3 is 0 Å². The van der Waals surface area contributed by atoms with Gasteiger partial charge in [-0.3, -0.25) is 0 Å². The van der Waals surface area contributed by atoms with Gasteiger partial charge in [0.1, 0.15) is 0 Å². The van der Waals surface area contributed by atoms with Gasteiger partial charge < -0.3 is 9.47 Å². The minimum Gasteiger partial charge on any atom is -0.376 e. The molecule has 2 nitrogen and oxygen atoms in total. The maximum Gasteiger partial charge on any atom is 0.0975 e. The Morgan fingerprint density at radius 3 is 2.33 bits per heavy atom. The fraction of sp³-hybridized carbons (Fsp3) is 0.600. The smallest absolute Gasteiger partial charge is 0.0975 e. The van der Waals surface area contributed by atoms with Gasteiger partial charge in [0.2, 0.25) is 0 Å². The molecular weight excluding hydrogens is 292 g/mol. The first-order chi connectivity index (χ1) is 8.48. The van der Waals surface area contributed by atoms with E-state index >= 15 is 0 Å². The Morgan fingerprint density at radius 1 is 1.17 bits per heavy atom. The normalized spacial score (nSPS) is 22.8. The first kappa shape index (κ1) is 14.0. The summed E-state index contributed by atoms with van der Waals surface area (Å²) in [5, 5.41) is 0. The van der Waals surface area contributed by atoms with Crippen molar-refractivity contribution in [2.24, 2.45) is 0 Å². The van der Waals surface area contributed by atoms with Gasteiger partial charge in [0.05, 0.1) is 30.8 Å². The predicted octanol–water partition coefficient (Wildman–Crippen LogP) is 3.84. The Hall–Kier alpha value is -0.380. The van der Waals surface area contributed by atoms with E-state index in [0.717, 1.165) is 0 Å². The minimum atomic E-state index is 0.110. The molecule has 1 aliphatic rings. The van der Waals surface area contributed by atoms with E-state index in [9.17, 15) is 0 Å². The Morgan fingerprint density at radius 2 is 1.83 bits per heavy atom. The van der Waals surface area contributed by atoms with Crippen LogP contribution in [0.2, 0.25) is 0 Å². The van der Waals surface area contributed by atoms with Crippen LogP contribution in [0.25, 0.3) is 0 Å². The molecule has 0 amide bonds. The monoisotopic (exact) mass is 312 g/mol. The summed E-state index contributed by atoms with van der Waals surface area (Å²) in [6.45, 7) is 8.74. The number of ether oxygens (including phenoxy) is 2. The van der Waals surface area contributed by atoms with Gasteiger partial charge in [-0.1, -0.05) is 61.0 Å². The molecule has 0 bridgehead atoms. The van der Waals surface area contributed by atoms with Gasteiger partial charge in [-0.15, -0.1) is 0 Å². The van der Waals surface area contributed by atoms with Crippen molar-refractivity contribution in [3.8, 4) is 0 Å². The molecule has 1 aliphatic heterocycles. The van der Waals surface area contributed by atoms with Gasteiger partial charge in [0, 0.05) is 0 Å². The summed E-state index contributed by atoms with van der Waals surface area (Å²) in [4.78, 5) is 0.201. The Balaban J connectivity index is 2.09. The average Bonchev–Trinajstić information content (AvgIpc) is 2.38. The summed E-state index contributed by atoms with van der Waals surface area (Å²) in [5.74, 6) is 0. The Labute approximate surface area is 118 Å². The Bertz CT molecular complexity index is 374. The molecule has 2 unspecified atom stereocenters. The molecule has 2 rings (SSSR count). The number of hydrogen-bond donors (Lipinski definition) is 0. The third kappa shape index (κ3) is 3.34. The van der Waals surface area contributed by atoms with Crippen LogP contribution in [-0.2, 0) is 14.9 Å². The third-order valence-electron chi connectivity index (χ3n) is 3.26. The average molecular weight is 313 g/mol. The zero-order valence-corrected chi connectivity index (χ0v) is 12.9. The van der Waals surface area contributed by atoms with Crippen LogP contribution in [0.5, 0.6) is 0 Å². The molecule has 0 radical (unpaired) electrons. The molecule has 0 spiro atoms. The van der Waals surface area contributed by atoms with Gasteiger partial charge in [-0.2, -0.15) is 0 Å². The van der Waals surface area contributed by atoms with E-state index in [1.54, 1.807) is 0 Å². The highest BCUT2D eigenvalue weighted by atomic mass is 79.9. The maximum absolute atomic E-state index is 5.72. The quantitative estimate of drug-likeness (QED) is 0.773. The van der Waals surface area contributed by atoms with Gasteiger partial charge in [-0.05, 0) is 16.5 Å². The molecule has 1 aromatic carbocycles.